The first kappa shape index (κ1) is 14.9. The van der Waals surface area contributed by atoms with Crippen LogP contribution < -0.4 is 10.1 Å². The van der Waals surface area contributed by atoms with Crippen molar-refractivity contribution in [2.75, 3.05) is 13.6 Å². The monoisotopic (exact) mass is 307 g/mol. The maximum atomic E-state index is 6.00. The average Bonchev–Trinajstić information content (AvgIpc) is 2.48. The second kappa shape index (κ2) is 7.34. The molecule has 0 aliphatic heterocycles. The fraction of sp³-hybridized carbons (Fsp3) is 0.125. The molecule has 1 N–H and O–H groups in total. The summed E-state index contributed by atoms with van der Waals surface area (Å²) >= 11 is 11.9. The summed E-state index contributed by atoms with van der Waals surface area (Å²) in [6.07, 6.45) is 1.98. The van der Waals surface area contributed by atoms with E-state index in [1.165, 1.54) is 0 Å². The Morgan fingerprint density at radius 2 is 1.85 bits per heavy atom. The zero-order valence-electron chi connectivity index (χ0n) is 11.1. The molecule has 0 atom stereocenters. The van der Waals surface area contributed by atoms with E-state index in [-0.39, 0.29) is 0 Å². The Hall–Kier alpha value is -1.48. The molecule has 2 aromatic carbocycles. The lowest BCUT2D eigenvalue weighted by Gasteiger charge is -2.11. The van der Waals surface area contributed by atoms with Gasteiger partial charge in [0.1, 0.15) is 11.5 Å². The van der Waals surface area contributed by atoms with Crippen molar-refractivity contribution in [3.63, 3.8) is 0 Å². The quantitative estimate of drug-likeness (QED) is 0.813. The van der Waals surface area contributed by atoms with Gasteiger partial charge in [-0.1, -0.05) is 53.5 Å². The molecule has 2 aromatic rings. The maximum absolute atomic E-state index is 6.00. The fourth-order valence-electron chi connectivity index (χ4n) is 1.68. The Bertz CT molecular complexity index is 597. The van der Waals surface area contributed by atoms with E-state index in [4.69, 9.17) is 27.9 Å². The SMILES string of the molecule is CNCC=C(Oc1ccc(Cl)c(Cl)c1)c1ccccc1. The van der Waals surface area contributed by atoms with E-state index >= 15 is 0 Å². The lowest BCUT2D eigenvalue weighted by molar-refractivity contribution is 0.513. The largest absolute Gasteiger partial charge is 0.457 e. The van der Waals surface area contributed by atoms with E-state index in [0.717, 1.165) is 11.3 Å². The molecule has 0 radical (unpaired) electrons. The summed E-state index contributed by atoms with van der Waals surface area (Å²) in [5, 5.41) is 4.06. The summed E-state index contributed by atoms with van der Waals surface area (Å²) in [6.45, 7) is 0.714. The van der Waals surface area contributed by atoms with E-state index in [0.29, 0.717) is 22.3 Å². The first-order valence-electron chi connectivity index (χ1n) is 6.24. The van der Waals surface area contributed by atoms with Crippen LogP contribution in [-0.2, 0) is 0 Å². The topological polar surface area (TPSA) is 21.3 Å². The highest BCUT2D eigenvalue weighted by atomic mass is 35.5. The van der Waals surface area contributed by atoms with E-state index < -0.39 is 0 Å². The van der Waals surface area contributed by atoms with Gasteiger partial charge in [-0.15, -0.1) is 0 Å². The van der Waals surface area contributed by atoms with Crippen LogP contribution in [0.4, 0.5) is 0 Å². The Morgan fingerprint density at radius 1 is 1.10 bits per heavy atom. The van der Waals surface area contributed by atoms with E-state index in [1.54, 1.807) is 18.2 Å². The molecule has 4 heteroatoms. The smallest absolute Gasteiger partial charge is 0.131 e. The number of rotatable bonds is 5. The zero-order chi connectivity index (χ0) is 14.4. The standard InChI is InChI=1S/C16H15Cl2NO/c1-19-10-9-16(12-5-3-2-4-6-12)20-13-7-8-14(17)15(18)11-13/h2-9,11,19H,10H2,1H3. The molecule has 20 heavy (non-hydrogen) atoms. The van der Waals surface area contributed by atoms with E-state index in [1.807, 2.05) is 43.5 Å². The van der Waals surface area contributed by atoms with Gasteiger partial charge >= 0.3 is 0 Å². The molecule has 0 aliphatic rings. The van der Waals surface area contributed by atoms with Crippen LogP contribution in [-0.4, -0.2) is 13.6 Å². The molecule has 2 rings (SSSR count). The molecule has 0 saturated carbocycles. The van der Waals surface area contributed by atoms with Gasteiger partial charge in [0.2, 0.25) is 0 Å². The zero-order valence-corrected chi connectivity index (χ0v) is 12.6. The first-order valence-corrected chi connectivity index (χ1v) is 6.99. The van der Waals surface area contributed by atoms with Crippen molar-refractivity contribution in [2.45, 2.75) is 0 Å². The van der Waals surface area contributed by atoms with Gasteiger partial charge < -0.3 is 10.1 Å². The lowest BCUT2D eigenvalue weighted by atomic mass is 10.2. The minimum absolute atomic E-state index is 0.477. The van der Waals surface area contributed by atoms with Gasteiger partial charge in [-0.25, -0.2) is 0 Å². The second-order valence-electron chi connectivity index (χ2n) is 4.17. The van der Waals surface area contributed by atoms with Crippen LogP contribution in [0, 0.1) is 0 Å². The van der Waals surface area contributed by atoms with Gasteiger partial charge in [0, 0.05) is 18.2 Å². The number of likely N-dealkylation sites (N-methyl/N-ethyl adjacent to an activating group) is 1. The highest BCUT2D eigenvalue weighted by molar-refractivity contribution is 6.42. The Kier molecular flexibility index (Phi) is 5.48. The first-order chi connectivity index (χ1) is 9.70. The third kappa shape index (κ3) is 4.01. The summed E-state index contributed by atoms with van der Waals surface area (Å²) in [5.41, 5.74) is 1.01. The molecule has 0 saturated heterocycles. The van der Waals surface area contributed by atoms with Gasteiger partial charge in [0.15, 0.2) is 0 Å². The number of hydrogen-bond acceptors (Lipinski definition) is 2. The molecule has 2 nitrogen and oxygen atoms in total. The summed E-state index contributed by atoms with van der Waals surface area (Å²) in [5.74, 6) is 1.43. The normalized spacial score (nSPS) is 11.4. The van der Waals surface area contributed by atoms with Crippen molar-refractivity contribution in [1.82, 2.24) is 5.32 Å². The summed E-state index contributed by atoms with van der Waals surface area (Å²) in [6, 6.07) is 15.1. The molecule has 0 heterocycles. The van der Waals surface area contributed by atoms with Crippen LogP contribution in [0.25, 0.3) is 5.76 Å². The Balaban J connectivity index is 2.26. The highest BCUT2D eigenvalue weighted by Crippen LogP contribution is 2.29. The van der Waals surface area contributed by atoms with Gasteiger partial charge in [-0.3, -0.25) is 0 Å². The number of halogens is 2. The number of ether oxygens (including phenoxy) is 1. The third-order valence-corrected chi connectivity index (χ3v) is 3.41. The van der Waals surface area contributed by atoms with E-state index in [9.17, 15) is 0 Å². The van der Waals surface area contributed by atoms with Crippen molar-refractivity contribution >= 4 is 29.0 Å². The van der Waals surface area contributed by atoms with Crippen LogP contribution in [0.2, 0.25) is 10.0 Å². The van der Waals surface area contributed by atoms with Crippen LogP contribution >= 0.6 is 23.2 Å². The second-order valence-corrected chi connectivity index (χ2v) is 4.98. The van der Waals surface area contributed by atoms with Crippen molar-refractivity contribution in [2.24, 2.45) is 0 Å². The molecule has 0 aliphatic carbocycles. The predicted molar refractivity (Wildman–Crippen MR) is 85.4 cm³/mol. The highest BCUT2D eigenvalue weighted by Gasteiger charge is 2.06. The minimum Gasteiger partial charge on any atom is -0.457 e. The summed E-state index contributed by atoms with van der Waals surface area (Å²) < 4.78 is 5.92. The van der Waals surface area contributed by atoms with Gasteiger partial charge in [-0.05, 0) is 25.3 Å². The molecule has 0 unspecified atom stereocenters. The fourth-order valence-corrected chi connectivity index (χ4v) is 1.97. The molecular formula is C16H15Cl2NO. The number of nitrogens with one attached hydrogen (secondary N) is 1. The molecule has 0 amide bonds. The van der Waals surface area contributed by atoms with Gasteiger partial charge in [0.25, 0.3) is 0 Å². The lowest BCUT2D eigenvalue weighted by Crippen LogP contribution is -2.07. The van der Waals surface area contributed by atoms with Crippen molar-refractivity contribution < 1.29 is 4.74 Å². The molecule has 0 aromatic heterocycles. The molecular weight excluding hydrogens is 293 g/mol. The van der Waals surface area contributed by atoms with Crippen LogP contribution in [0.1, 0.15) is 5.56 Å². The number of hydrogen-bond donors (Lipinski definition) is 1. The van der Waals surface area contributed by atoms with Crippen LogP contribution in [0.5, 0.6) is 5.75 Å². The summed E-state index contributed by atoms with van der Waals surface area (Å²) in [4.78, 5) is 0. The maximum Gasteiger partial charge on any atom is 0.131 e. The number of benzene rings is 2. The molecule has 104 valence electrons. The minimum atomic E-state index is 0.477. The summed E-state index contributed by atoms with van der Waals surface area (Å²) in [7, 11) is 1.89. The third-order valence-electron chi connectivity index (χ3n) is 2.67. The van der Waals surface area contributed by atoms with Gasteiger partial charge in [-0.2, -0.15) is 0 Å². The average molecular weight is 308 g/mol. The van der Waals surface area contributed by atoms with Crippen LogP contribution in [0.15, 0.2) is 54.6 Å². The van der Waals surface area contributed by atoms with Crippen molar-refractivity contribution in [1.29, 1.82) is 0 Å². The molecule has 0 spiro atoms. The Labute approximate surface area is 129 Å². The predicted octanol–water partition coefficient (Wildman–Crippen LogP) is 4.63. The molecule has 0 fully saturated rings. The Morgan fingerprint density at radius 3 is 2.50 bits per heavy atom. The van der Waals surface area contributed by atoms with Gasteiger partial charge in [0.05, 0.1) is 10.0 Å². The van der Waals surface area contributed by atoms with Crippen LogP contribution in [0.3, 0.4) is 0 Å². The van der Waals surface area contributed by atoms with Crippen molar-refractivity contribution in [3.8, 4) is 5.75 Å². The van der Waals surface area contributed by atoms with Crippen molar-refractivity contribution in [3.05, 3.63) is 70.2 Å². The van der Waals surface area contributed by atoms with E-state index in [2.05, 4.69) is 5.32 Å². The molecule has 0 bridgehead atoms.